The second kappa shape index (κ2) is 6.69. The van der Waals surface area contributed by atoms with Gasteiger partial charge < -0.3 is 10.1 Å². The zero-order valence-electron chi connectivity index (χ0n) is 12.5. The first-order valence-electron chi connectivity index (χ1n) is 6.73. The minimum atomic E-state index is -0.156. The molecule has 0 bridgehead atoms. The van der Waals surface area contributed by atoms with Gasteiger partial charge in [0.15, 0.2) is 5.75 Å². The SMILES string of the molecule is CNC(c1cccc(Cl)c1Cl)c1c(OC)cnn1C(C)C. The maximum Gasteiger partial charge on any atom is 0.161 e. The summed E-state index contributed by atoms with van der Waals surface area (Å²) in [5.41, 5.74) is 1.83. The summed E-state index contributed by atoms with van der Waals surface area (Å²) in [4.78, 5) is 0. The predicted molar refractivity (Wildman–Crippen MR) is 86.5 cm³/mol. The Labute approximate surface area is 135 Å². The molecule has 0 radical (unpaired) electrons. The van der Waals surface area contributed by atoms with Crippen LogP contribution in [-0.2, 0) is 0 Å². The number of hydrogen-bond donors (Lipinski definition) is 1. The monoisotopic (exact) mass is 327 g/mol. The Balaban J connectivity index is 2.61. The topological polar surface area (TPSA) is 39.1 Å². The molecular formula is C15H19Cl2N3O. The van der Waals surface area contributed by atoms with Crippen LogP contribution < -0.4 is 10.1 Å². The van der Waals surface area contributed by atoms with E-state index in [0.29, 0.717) is 10.0 Å². The fourth-order valence-corrected chi connectivity index (χ4v) is 2.80. The maximum atomic E-state index is 6.37. The molecule has 1 aromatic carbocycles. The van der Waals surface area contributed by atoms with Crippen molar-refractivity contribution in [3.63, 3.8) is 0 Å². The van der Waals surface area contributed by atoms with E-state index in [1.807, 2.05) is 23.9 Å². The van der Waals surface area contributed by atoms with E-state index in [2.05, 4.69) is 24.3 Å². The fraction of sp³-hybridized carbons (Fsp3) is 0.400. The molecule has 2 rings (SSSR count). The highest BCUT2D eigenvalue weighted by Crippen LogP contribution is 2.37. The molecule has 1 atom stereocenters. The first-order chi connectivity index (χ1) is 10.0. The smallest absolute Gasteiger partial charge is 0.161 e. The van der Waals surface area contributed by atoms with Crippen molar-refractivity contribution in [1.82, 2.24) is 15.1 Å². The molecule has 0 amide bonds. The summed E-state index contributed by atoms with van der Waals surface area (Å²) in [5.74, 6) is 0.721. The number of methoxy groups -OCH3 is 1. The number of halogens is 2. The molecule has 2 aromatic rings. The lowest BCUT2D eigenvalue weighted by atomic mass is 10.0. The first kappa shape index (κ1) is 16.1. The molecule has 21 heavy (non-hydrogen) atoms. The Morgan fingerprint density at radius 3 is 2.57 bits per heavy atom. The number of rotatable bonds is 5. The van der Waals surface area contributed by atoms with Crippen LogP contribution in [0.1, 0.15) is 37.2 Å². The van der Waals surface area contributed by atoms with E-state index in [-0.39, 0.29) is 12.1 Å². The van der Waals surface area contributed by atoms with E-state index in [0.717, 1.165) is 17.0 Å². The van der Waals surface area contributed by atoms with E-state index >= 15 is 0 Å². The molecule has 1 heterocycles. The maximum absolute atomic E-state index is 6.37. The van der Waals surface area contributed by atoms with E-state index in [1.165, 1.54) is 0 Å². The summed E-state index contributed by atoms with van der Waals surface area (Å²) in [6.45, 7) is 4.14. The first-order valence-corrected chi connectivity index (χ1v) is 7.49. The van der Waals surface area contributed by atoms with Gasteiger partial charge in [0.2, 0.25) is 0 Å². The molecule has 0 aliphatic rings. The largest absolute Gasteiger partial charge is 0.493 e. The van der Waals surface area contributed by atoms with Crippen LogP contribution in [0.15, 0.2) is 24.4 Å². The van der Waals surface area contributed by atoms with Crippen LogP contribution in [0.2, 0.25) is 10.0 Å². The van der Waals surface area contributed by atoms with Crippen LogP contribution in [0.5, 0.6) is 5.75 Å². The molecule has 0 spiro atoms. The lowest BCUT2D eigenvalue weighted by Crippen LogP contribution is -2.23. The van der Waals surface area contributed by atoms with E-state index in [9.17, 15) is 0 Å². The zero-order chi connectivity index (χ0) is 15.6. The molecule has 114 valence electrons. The molecule has 0 fully saturated rings. The molecule has 1 N–H and O–H groups in total. The van der Waals surface area contributed by atoms with Gasteiger partial charge in [0.25, 0.3) is 0 Å². The van der Waals surface area contributed by atoms with Gasteiger partial charge in [-0.1, -0.05) is 35.3 Å². The summed E-state index contributed by atoms with van der Waals surface area (Å²) >= 11 is 12.5. The highest BCUT2D eigenvalue weighted by Gasteiger charge is 2.25. The summed E-state index contributed by atoms with van der Waals surface area (Å²) in [7, 11) is 3.51. The summed E-state index contributed by atoms with van der Waals surface area (Å²) < 4.78 is 7.38. The molecule has 1 aromatic heterocycles. The molecule has 0 aliphatic carbocycles. The molecule has 6 heteroatoms. The van der Waals surface area contributed by atoms with Gasteiger partial charge in [-0.3, -0.25) is 4.68 Å². The minimum Gasteiger partial charge on any atom is -0.493 e. The number of nitrogens with zero attached hydrogens (tertiary/aromatic N) is 2. The number of ether oxygens (including phenoxy) is 1. The summed E-state index contributed by atoms with van der Waals surface area (Å²) in [5, 5.41) is 8.75. The third kappa shape index (κ3) is 3.03. The predicted octanol–water partition coefficient (Wildman–Crippen LogP) is 4.09. The Bertz CT molecular complexity index is 625. The fourth-order valence-electron chi connectivity index (χ4n) is 2.38. The third-order valence-electron chi connectivity index (χ3n) is 3.36. The van der Waals surface area contributed by atoms with Gasteiger partial charge in [0.1, 0.15) is 5.69 Å². The Hall–Kier alpha value is -1.23. The van der Waals surface area contributed by atoms with Crippen LogP contribution >= 0.6 is 23.2 Å². The normalized spacial score (nSPS) is 12.7. The van der Waals surface area contributed by atoms with Crippen molar-refractivity contribution in [3.8, 4) is 5.75 Å². The third-order valence-corrected chi connectivity index (χ3v) is 4.20. The van der Waals surface area contributed by atoms with Crippen molar-refractivity contribution in [2.24, 2.45) is 0 Å². The zero-order valence-corrected chi connectivity index (χ0v) is 14.0. The molecule has 1 unspecified atom stereocenters. The van der Waals surface area contributed by atoms with Crippen molar-refractivity contribution < 1.29 is 4.74 Å². The molecule has 4 nitrogen and oxygen atoms in total. The van der Waals surface area contributed by atoms with Gasteiger partial charge in [-0.2, -0.15) is 5.10 Å². The van der Waals surface area contributed by atoms with Crippen molar-refractivity contribution in [2.45, 2.75) is 25.9 Å². The Morgan fingerprint density at radius 2 is 2.00 bits per heavy atom. The van der Waals surface area contributed by atoms with Crippen LogP contribution in [-0.4, -0.2) is 23.9 Å². The average molecular weight is 328 g/mol. The van der Waals surface area contributed by atoms with E-state index in [4.69, 9.17) is 27.9 Å². The van der Waals surface area contributed by atoms with Crippen LogP contribution in [0.4, 0.5) is 0 Å². The number of benzene rings is 1. The molecule has 0 aliphatic heterocycles. The second-order valence-electron chi connectivity index (χ2n) is 5.00. The molecule has 0 saturated carbocycles. The van der Waals surface area contributed by atoms with Gasteiger partial charge in [0, 0.05) is 6.04 Å². The van der Waals surface area contributed by atoms with Crippen molar-refractivity contribution in [1.29, 1.82) is 0 Å². The Morgan fingerprint density at radius 1 is 1.29 bits per heavy atom. The average Bonchev–Trinajstić information content (AvgIpc) is 2.88. The van der Waals surface area contributed by atoms with Gasteiger partial charge >= 0.3 is 0 Å². The van der Waals surface area contributed by atoms with Gasteiger partial charge in [-0.25, -0.2) is 0 Å². The number of hydrogen-bond acceptors (Lipinski definition) is 3. The van der Waals surface area contributed by atoms with Crippen molar-refractivity contribution in [3.05, 3.63) is 45.7 Å². The van der Waals surface area contributed by atoms with Gasteiger partial charge in [-0.05, 0) is 32.5 Å². The van der Waals surface area contributed by atoms with Crippen molar-refractivity contribution >= 4 is 23.2 Å². The highest BCUT2D eigenvalue weighted by molar-refractivity contribution is 6.42. The van der Waals surface area contributed by atoms with Crippen molar-refractivity contribution in [2.75, 3.05) is 14.2 Å². The number of nitrogens with one attached hydrogen (secondary N) is 1. The standard InChI is InChI=1S/C15H19Cl2N3O/c1-9(2)20-15(12(21-4)8-19-20)14(18-3)10-6-5-7-11(16)13(10)17/h5-9,14,18H,1-4H3. The van der Waals surface area contributed by atoms with Crippen LogP contribution in [0.3, 0.4) is 0 Å². The second-order valence-corrected chi connectivity index (χ2v) is 5.79. The highest BCUT2D eigenvalue weighted by atomic mass is 35.5. The quantitative estimate of drug-likeness (QED) is 0.898. The van der Waals surface area contributed by atoms with E-state index < -0.39 is 0 Å². The summed E-state index contributed by atoms with van der Waals surface area (Å²) in [6, 6.07) is 5.66. The molecule has 0 saturated heterocycles. The lowest BCUT2D eigenvalue weighted by Gasteiger charge is -2.22. The Kier molecular flexibility index (Phi) is 5.14. The molecular weight excluding hydrogens is 309 g/mol. The van der Waals surface area contributed by atoms with Crippen LogP contribution in [0, 0.1) is 0 Å². The minimum absolute atomic E-state index is 0.156. The van der Waals surface area contributed by atoms with Crippen LogP contribution in [0.25, 0.3) is 0 Å². The van der Waals surface area contributed by atoms with E-state index in [1.54, 1.807) is 19.4 Å². The lowest BCUT2D eigenvalue weighted by molar-refractivity contribution is 0.396. The van der Waals surface area contributed by atoms with Gasteiger partial charge in [0.05, 0.1) is 29.4 Å². The summed E-state index contributed by atoms with van der Waals surface area (Å²) in [6.07, 6.45) is 1.72. The van der Waals surface area contributed by atoms with Gasteiger partial charge in [-0.15, -0.1) is 0 Å². The number of aromatic nitrogens is 2.